The molecule has 1 rings (SSSR count). The third-order valence-corrected chi connectivity index (χ3v) is 3.30. The largest absolute Gasteiger partial charge is 0.337 e. The second kappa shape index (κ2) is 7.17. The second-order valence-corrected chi connectivity index (χ2v) is 4.68. The summed E-state index contributed by atoms with van der Waals surface area (Å²) in [6, 6.07) is 5.88. The van der Waals surface area contributed by atoms with Gasteiger partial charge in [-0.3, -0.25) is 4.79 Å². The lowest BCUT2D eigenvalue weighted by Crippen LogP contribution is -2.36. The Kier molecular flexibility index (Phi) is 5.86. The first kappa shape index (κ1) is 14.7. The minimum atomic E-state index is 0.107. The Hall–Kier alpha value is -1.35. The summed E-state index contributed by atoms with van der Waals surface area (Å²) in [6.07, 6.45) is 2.11. The van der Waals surface area contributed by atoms with Crippen molar-refractivity contribution < 1.29 is 4.79 Å². The molecule has 1 aromatic carbocycles. The van der Waals surface area contributed by atoms with Crippen molar-refractivity contribution in [3.8, 4) is 0 Å². The van der Waals surface area contributed by atoms with Gasteiger partial charge in [0.05, 0.1) is 0 Å². The van der Waals surface area contributed by atoms with Crippen LogP contribution in [0.15, 0.2) is 18.2 Å². The Bertz CT molecular complexity index is 401. The predicted octanol–water partition coefficient (Wildman–Crippen LogP) is 2.50. The molecule has 3 heteroatoms. The highest BCUT2D eigenvalue weighted by Crippen LogP contribution is 2.15. The fourth-order valence-electron chi connectivity index (χ4n) is 1.97. The Morgan fingerprint density at radius 2 is 2.00 bits per heavy atom. The van der Waals surface area contributed by atoms with E-state index in [9.17, 15) is 4.79 Å². The number of unbranched alkanes of at least 4 members (excludes halogenated alkanes) is 1. The highest BCUT2D eigenvalue weighted by atomic mass is 16.2. The molecule has 1 amide bonds. The van der Waals surface area contributed by atoms with Crippen LogP contribution in [0.2, 0.25) is 0 Å². The van der Waals surface area contributed by atoms with Gasteiger partial charge in [0, 0.05) is 25.2 Å². The summed E-state index contributed by atoms with van der Waals surface area (Å²) in [5.74, 6) is 0.107. The molecule has 0 unspecified atom stereocenters. The third kappa shape index (κ3) is 3.57. The van der Waals surface area contributed by atoms with E-state index in [2.05, 4.69) is 6.92 Å². The molecule has 100 valence electrons. The third-order valence-electron chi connectivity index (χ3n) is 3.30. The minimum absolute atomic E-state index is 0.107. The molecule has 0 aromatic heterocycles. The van der Waals surface area contributed by atoms with E-state index >= 15 is 0 Å². The van der Waals surface area contributed by atoms with E-state index in [0.717, 1.165) is 36.1 Å². The molecular weight excluding hydrogens is 224 g/mol. The molecule has 0 bridgehead atoms. The van der Waals surface area contributed by atoms with Crippen LogP contribution >= 0.6 is 0 Å². The van der Waals surface area contributed by atoms with Gasteiger partial charge in [-0.05, 0) is 37.5 Å². The Balaban J connectivity index is 2.90. The number of nitrogens with zero attached hydrogens (tertiary/aromatic N) is 1. The first-order valence-corrected chi connectivity index (χ1v) is 6.67. The van der Waals surface area contributed by atoms with Gasteiger partial charge in [0.25, 0.3) is 5.91 Å². The number of rotatable bonds is 6. The van der Waals surface area contributed by atoms with Crippen molar-refractivity contribution in [3.63, 3.8) is 0 Å². The van der Waals surface area contributed by atoms with Crippen LogP contribution in [0.4, 0.5) is 0 Å². The average molecular weight is 248 g/mol. The molecule has 18 heavy (non-hydrogen) atoms. The van der Waals surface area contributed by atoms with Crippen LogP contribution in [0.25, 0.3) is 0 Å². The molecule has 0 fully saturated rings. The van der Waals surface area contributed by atoms with Gasteiger partial charge in [-0.15, -0.1) is 0 Å². The van der Waals surface area contributed by atoms with E-state index < -0.39 is 0 Å². The van der Waals surface area contributed by atoms with Gasteiger partial charge in [0.2, 0.25) is 0 Å². The van der Waals surface area contributed by atoms with Gasteiger partial charge < -0.3 is 10.6 Å². The number of carbonyl (C=O) groups excluding carboxylic acids is 1. The van der Waals surface area contributed by atoms with Crippen LogP contribution in [0.3, 0.4) is 0 Å². The lowest BCUT2D eigenvalue weighted by atomic mass is 10.0. The van der Waals surface area contributed by atoms with Crippen LogP contribution in [-0.2, 0) is 0 Å². The quantitative estimate of drug-likeness (QED) is 0.840. The van der Waals surface area contributed by atoms with Gasteiger partial charge >= 0.3 is 0 Å². The second-order valence-electron chi connectivity index (χ2n) is 4.68. The molecule has 0 heterocycles. The fraction of sp³-hybridized carbons (Fsp3) is 0.533. The maximum Gasteiger partial charge on any atom is 0.254 e. The summed E-state index contributed by atoms with van der Waals surface area (Å²) in [4.78, 5) is 14.4. The molecule has 3 nitrogen and oxygen atoms in total. The summed E-state index contributed by atoms with van der Waals surface area (Å²) in [6.45, 7) is 8.10. The number of benzene rings is 1. The van der Waals surface area contributed by atoms with E-state index in [1.165, 1.54) is 0 Å². The fourth-order valence-corrected chi connectivity index (χ4v) is 1.97. The van der Waals surface area contributed by atoms with E-state index in [1.807, 2.05) is 36.9 Å². The van der Waals surface area contributed by atoms with Crippen LogP contribution in [0, 0.1) is 13.8 Å². The maximum atomic E-state index is 12.5. The first-order valence-electron chi connectivity index (χ1n) is 6.67. The number of carbonyl (C=O) groups is 1. The number of aryl methyl sites for hydroxylation is 1. The normalized spacial score (nSPS) is 10.4. The van der Waals surface area contributed by atoms with Gasteiger partial charge in [0.1, 0.15) is 0 Å². The molecule has 0 saturated carbocycles. The summed E-state index contributed by atoms with van der Waals surface area (Å²) in [7, 11) is 0. The van der Waals surface area contributed by atoms with Crippen molar-refractivity contribution in [2.45, 2.75) is 33.6 Å². The van der Waals surface area contributed by atoms with Crippen LogP contribution in [-0.4, -0.2) is 30.4 Å². The zero-order valence-electron chi connectivity index (χ0n) is 11.7. The summed E-state index contributed by atoms with van der Waals surface area (Å²) in [5, 5.41) is 0. The van der Waals surface area contributed by atoms with Crippen LogP contribution in [0.5, 0.6) is 0 Å². The van der Waals surface area contributed by atoms with Crippen LogP contribution in [0.1, 0.15) is 41.3 Å². The molecule has 0 aliphatic carbocycles. The molecule has 0 aliphatic rings. The highest BCUT2D eigenvalue weighted by Gasteiger charge is 2.16. The summed E-state index contributed by atoms with van der Waals surface area (Å²) < 4.78 is 0. The van der Waals surface area contributed by atoms with E-state index in [0.29, 0.717) is 13.1 Å². The molecule has 0 saturated heterocycles. The first-order chi connectivity index (χ1) is 8.61. The predicted molar refractivity (Wildman–Crippen MR) is 75.8 cm³/mol. The molecule has 0 spiro atoms. The average Bonchev–Trinajstić information content (AvgIpc) is 2.37. The number of amides is 1. The Morgan fingerprint density at radius 3 is 2.61 bits per heavy atom. The SMILES string of the molecule is CCCCN(CCN)C(=O)c1cccc(C)c1C. The minimum Gasteiger partial charge on any atom is -0.337 e. The van der Waals surface area contributed by atoms with Gasteiger partial charge in [0.15, 0.2) is 0 Å². The van der Waals surface area contributed by atoms with Crippen molar-refractivity contribution in [1.82, 2.24) is 4.90 Å². The molecule has 1 aromatic rings. The standard InChI is InChI=1S/C15H24N2O/c1-4-5-10-17(11-9-16)15(18)14-8-6-7-12(2)13(14)3/h6-8H,4-5,9-11,16H2,1-3H3. The maximum absolute atomic E-state index is 12.5. The van der Waals surface area contributed by atoms with Gasteiger partial charge in [-0.1, -0.05) is 25.5 Å². The molecule has 0 radical (unpaired) electrons. The van der Waals surface area contributed by atoms with Crippen molar-refractivity contribution in [1.29, 1.82) is 0 Å². The smallest absolute Gasteiger partial charge is 0.254 e. The van der Waals surface area contributed by atoms with Gasteiger partial charge in [-0.2, -0.15) is 0 Å². The lowest BCUT2D eigenvalue weighted by Gasteiger charge is -2.23. The van der Waals surface area contributed by atoms with Crippen molar-refractivity contribution in [2.24, 2.45) is 5.73 Å². The topological polar surface area (TPSA) is 46.3 Å². The van der Waals surface area contributed by atoms with Crippen molar-refractivity contribution >= 4 is 5.91 Å². The van der Waals surface area contributed by atoms with Crippen LogP contribution < -0.4 is 5.73 Å². The zero-order valence-corrected chi connectivity index (χ0v) is 11.7. The van der Waals surface area contributed by atoms with E-state index in [-0.39, 0.29) is 5.91 Å². The number of hydrogen-bond acceptors (Lipinski definition) is 2. The molecule has 0 atom stereocenters. The highest BCUT2D eigenvalue weighted by molar-refractivity contribution is 5.96. The van der Waals surface area contributed by atoms with E-state index in [1.54, 1.807) is 0 Å². The van der Waals surface area contributed by atoms with Crippen molar-refractivity contribution in [3.05, 3.63) is 34.9 Å². The van der Waals surface area contributed by atoms with Crippen molar-refractivity contribution in [2.75, 3.05) is 19.6 Å². The zero-order chi connectivity index (χ0) is 13.5. The summed E-state index contributed by atoms with van der Waals surface area (Å²) in [5.41, 5.74) is 8.62. The lowest BCUT2D eigenvalue weighted by molar-refractivity contribution is 0.0757. The molecule has 0 aliphatic heterocycles. The van der Waals surface area contributed by atoms with Gasteiger partial charge in [-0.25, -0.2) is 0 Å². The molecular formula is C15H24N2O. The monoisotopic (exact) mass is 248 g/mol. The molecule has 2 N–H and O–H groups in total. The number of hydrogen-bond donors (Lipinski definition) is 1. The Labute approximate surface area is 110 Å². The Morgan fingerprint density at radius 1 is 1.28 bits per heavy atom. The summed E-state index contributed by atoms with van der Waals surface area (Å²) >= 11 is 0. The number of nitrogens with two attached hydrogens (primary N) is 1. The van der Waals surface area contributed by atoms with E-state index in [4.69, 9.17) is 5.73 Å².